The number of nitrogens with zero attached hydrogens (tertiary/aromatic N) is 1. The molecule has 0 aromatic rings. The molecule has 1 rings (SSSR count). The van der Waals surface area contributed by atoms with E-state index in [1.54, 1.807) is 0 Å². The second-order valence-corrected chi connectivity index (χ2v) is 8.14. The molecule has 0 aromatic heterocycles. The summed E-state index contributed by atoms with van der Waals surface area (Å²) < 4.78 is 0. The predicted octanol–water partition coefficient (Wildman–Crippen LogP) is 7.26. The molecule has 1 heterocycles. The van der Waals surface area contributed by atoms with E-state index in [1.165, 1.54) is 109 Å². The highest BCUT2D eigenvalue weighted by Gasteiger charge is 2.15. The molecule has 0 saturated carbocycles. The van der Waals surface area contributed by atoms with E-state index in [9.17, 15) is 4.79 Å². The Labute approximate surface area is 158 Å². The van der Waals surface area contributed by atoms with Crippen molar-refractivity contribution in [2.24, 2.45) is 0 Å². The number of rotatable bonds is 16. The first-order valence-electron chi connectivity index (χ1n) is 11.6. The molecule has 148 valence electrons. The van der Waals surface area contributed by atoms with Crippen LogP contribution in [0.4, 0.5) is 0 Å². The van der Waals surface area contributed by atoms with Crippen LogP contribution in [-0.2, 0) is 4.79 Å². The highest BCUT2D eigenvalue weighted by Crippen LogP contribution is 2.15. The van der Waals surface area contributed by atoms with Crippen LogP contribution in [0.15, 0.2) is 0 Å². The van der Waals surface area contributed by atoms with E-state index >= 15 is 0 Å². The fraction of sp³-hybridized carbons (Fsp3) is 0.957. The average molecular weight is 352 g/mol. The minimum absolute atomic E-state index is 0.405. The second kappa shape index (κ2) is 16.9. The Bertz CT molecular complexity index is 302. The van der Waals surface area contributed by atoms with E-state index in [2.05, 4.69) is 11.8 Å². The minimum Gasteiger partial charge on any atom is -0.343 e. The van der Waals surface area contributed by atoms with Crippen LogP contribution in [0.1, 0.15) is 129 Å². The number of likely N-dealkylation sites (tertiary alicyclic amines) is 1. The first-order valence-corrected chi connectivity index (χ1v) is 11.6. The van der Waals surface area contributed by atoms with Crippen molar-refractivity contribution in [3.63, 3.8) is 0 Å². The van der Waals surface area contributed by atoms with Crippen LogP contribution < -0.4 is 0 Å². The maximum absolute atomic E-state index is 11.9. The molecule has 0 bridgehead atoms. The highest BCUT2D eigenvalue weighted by atomic mass is 16.2. The molecule has 25 heavy (non-hydrogen) atoms. The van der Waals surface area contributed by atoms with Gasteiger partial charge in [0.15, 0.2) is 0 Å². The van der Waals surface area contributed by atoms with Crippen LogP contribution in [-0.4, -0.2) is 23.9 Å². The summed E-state index contributed by atoms with van der Waals surface area (Å²) in [6.45, 7) is 4.31. The topological polar surface area (TPSA) is 20.3 Å². The third-order valence-electron chi connectivity index (χ3n) is 5.70. The first kappa shape index (κ1) is 22.5. The van der Waals surface area contributed by atoms with Crippen molar-refractivity contribution in [2.75, 3.05) is 13.1 Å². The zero-order valence-electron chi connectivity index (χ0n) is 17.2. The molecule has 1 fully saturated rings. The molecular weight excluding hydrogens is 306 g/mol. The Morgan fingerprint density at radius 3 is 1.64 bits per heavy atom. The fourth-order valence-electron chi connectivity index (χ4n) is 3.95. The molecule has 2 heteroatoms. The van der Waals surface area contributed by atoms with E-state index in [4.69, 9.17) is 0 Å². The van der Waals surface area contributed by atoms with E-state index < -0.39 is 0 Å². The van der Waals surface area contributed by atoms with Crippen LogP contribution in [0, 0.1) is 0 Å². The Kier molecular flexibility index (Phi) is 15.2. The van der Waals surface area contributed by atoms with Crippen LogP contribution >= 0.6 is 0 Å². The maximum atomic E-state index is 11.9. The van der Waals surface area contributed by atoms with Gasteiger partial charge in [-0.2, -0.15) is 0 Å². The van der Waals surface area contributed by atoms with E-state index in [0.717, 1.165) is 25.9 Å². The lowest BCUT2D eigenvalue weighted by Crippen LogP contribution is -2.31. The Balaban J connectivity index is 1.76. The number of unbranched alkanes of at least 4 members (excludes halogenated alkanes) is 14. The molecule has 1 saturated heterocycles. The standard InChI is InChI=1S/C23H45NO/c1-2-3-4-5-6-7-8-9-10-11-12-13-14-15-18-21-24-22-19-16-17-20-23(24)25/h2-22H2,1H3. The number of hydrogen-bond donors (Lipinski definition) is 0. The van der Waals surface area contributed by atoms with E-state index in [-0.39, 0.29) is 0 Å². The SMILES string of the molecule is CCCCCCCCCCCCCCCCCN1CCCCCC1=O. The Morgan fingerprint density at radius 2 is 1.12 bits per heavy atom. The van der Waals surface area contributed by atoms with Gasteiger partial charge >= 0.3 is 0 Å². The number of hydrogen-bond acceptors (Lipinski definition) is 1. The van der Waals surface area contributed by atoms with Gasteiger partial charge in [0.2, 0.25) is 5.91 Å². The third-order valence-corrected chi connectivity index (χ3v) is 5.70. The van der Waals surface area contributed by atoms with E-state index in [0.29, 0.717) is 5.91 Å². The number of amides is 1. The summed E-state index contributed by atoms with van der Waals surface area (Å²) in [4.78, 5) is 14.0. The molecule has 0 aliphatic carbocycles. The Morgan fingerprint density at radius 1 is 0.640 bits per heavy atom. The molecule has 0 N–H and O–H groups in total. The number of carbonyl (C=O) groups excluding carboxylic acids is 1. The summed E-state index contributed by atoms with van der Waals surface area (Å²) in [5, 5.41) is 0. The van der Waals surface area contributed by atoms with Crippen molar-refractivity contribution in [3.05, 3.63) is 0 Å². The summed E-state index contributed by atoms with van der Waals surface area (Å²) >= 11 is 0. The van der Waals surface area contributed by atoms with Gasteiger partial charge in [-0.3, -0.25) is 4.79 Å². The quantitative estimate of drug-likeness (QED) is 0.268. The summed E-state index contributed by atoms with van der Waals surface area (Å²) in [6, 6.07) is 0. The summed E-state index contributed by atoms with van der Waals surface area (Å²) in [7, 11) is 0. The normalized spacial score (nSPS) is 15.6. The van der Waals surface area contributed by atoms with Gasteiger partial charge in [0.05, 0.1) is 0 Å². The van der Waals surface area contributed by atoms with Crippen LogP contribution in [0.5, 0.6) is 0 Å². The van der Waals surface area contributed by atoms with Crippen LogP contribution in [0.2, 0.25) is 0 Å². The number of carbonyl (C=O) groups is 1. The third kappa shape index (κ3) is 13.3. The summed E-state index contributed by atoms with van der Waals surface area (Å²) in [5.41, 5.74) is 0. The predicted molar refractivity (Wildman–Crippen MR) is 110 cm³/mol. The van der Waals surface area contributed by atoms with Gasteiger partial charge in [-0.25, -0.2) is 0 Å². The zero-order chi connectivity index (χ0) is 18.0. The first-order chi connectivity index (χ1) is 12.3. The molecule has 2 nitrogen and oxygen atoms in total. The van der Waals surface area contributed by atoms with Gasteiger partial charge in [0, 0.05) is 19.5 Å². The van der Waals surface area contributed by atoms with Gasteiger partial charge in [-0.1, -0.05) is 103 Å². The zero-order valence-corrected chi connectivity index (χ0v) is 17.2. The van der Waals surface area contributed by atoms with Crippen molar-refractivity contribution >= 4 is 5.91 Å². The van der Waals surface area contributed by atoms with Gasteiger partial charge < -0.3 is 4.90 Å². The van der Waals surface area contributed by atoms with Crippen molar-refractivity contribution < 1.29 is 4.79 Å². The fourth-order valence-corrected chi connectivity index (χ4v) is 3.95. The molecule has 0 atom stereocenters. The van der Waals surface area contributed by atoms with Crippen molar-refractivity contribution in [1.82, 2.24) is 4.90 Å². The average Bonchev–Trinajstić information content (AvgIpc) is 2.83. The second-order valence-electron chi connectivity index (χ2n) is 8.14. The van der Waals surface area contributed by atoms with Crippen molar-refractivity contribution in [2.45, 2.75) is 129 Å². The molecular formula is C23H45NO. The monoisotopic (exact) mass is 351 g/mol. The molecule has 0 spiro atoms. The lowest BCUT2D eigenvalue weighted by Gasteiger charge is -2.20. The smallest absolute Gasteiger partial charge is 0.222 e. The van der Waals surface area contributed by atoms with Gasteiger partial charge in [-0.05, 0) is 19.3 Å². The summed E-state index contributed by atoms with van der Waals surface area (Å²) in [5.74, 6) is 0.405. The van der Waals surface area contributed by atoms with Crippen molar-refractivity contribution in [1.29, 1.82) is 0 Å². The lowest BCUT2D eigenvalue weighted by atomic mass is 10.0. The molecule has 1 amide bonds. The largest absolute Gasteiger partial charge is 0.343 e. The lowest BCUT2D eigenvalue weighted by molar-refractivity contribution is -0.130. The van der Waals surface area contributed by atoms with Crippen LogP contribution in [0.3, 0.4) is 0 Å². The Hall–Kier alpha value is -0.530. The van der Waals surface area contributed by atoms with Gasteiger partial charge in [-0.15, -0.1) is 0 Å². The molecule has 0 unspecified atom stereocenters. The molecule has 0 radical (unpaired) electrons. The maximum Gasteiger partial charge on any atom is 0.222 e. The highest BCUT2D eigenvalue weighted by molar-refractivity contribution is 5.76. The van der Waals surface area contributed by atoms with Crippen molar-refractivity contribution in [3.8, 4) is 0 Å². The molecule has 0 aromatic carbocycles. The minimum atomic E-state index is 0.405. The van der Waals surface area contributed by atoms with Crippen LogP contribution in [0.25, 0.3) is 0 Å². The van der Waals surface area contributed by atoms with Gasteiger partial charge in [0.25, 0.3) is 0 Å². The summed E-state index contributed by atoms with van der Waals surface area (Å²) in [6.07, 6.45) is 25.4. The van der Waals surface area contributed by atoms with Gasteiger partial charge in [0.1, 0.15) is 0 Å². The molecule has 1 aliphatic heterocycles. The molecule has 1 aliphatic rings. The van der Waals surface area contributed by atoms with E-state index in [1.807, 2.05) is 0 Å².